The minimum Gasteiger partial charge on any atom is -0.508 e. The summed E-state index contributed by atoms with van der Waals surface area (Å²) in [5.41, 5.74) is 7.72. The van der Waals surface area contributed by atoms with Crippen LogP contribution in [-0.2, 0) is 31.0 Å². The van der Waals surface area contributed by atoms with Gasteiger partial charge in [-0.05, 0) is 244 Å². The van der Waals surface area contributed by atoms with Crippen LogP contribution in [-0.4, -0.2) is 74.9 Å². The molecular weight excluding hydrogens is 1620 g/mol. The highest BCUT2D eigenvalue weighted by molar-refractivity contribution is 7.24. The summed E-state index contributed by atoms with van der Waals surface area (Å²) in [5, 5.41) is 97.8. The molecule has 4 aromatic heterocycles. The zero-order valence-electron chi connectivity index (χ0n) is 63.8. The van der Waals surface area contributed by atoms with Gasteiger partial charge < -0.3 is 70.0 Å². The number of aryl methyl sites for hydroxylation is 1. The van der Waals surface area contributed by atoms with Gasteiger partial charge in [0.25, 0.3) is 0 Å². The van der Waals surface area contributed by atoms with Crippen molar-refractivity contribution in [3.63, 3.8) is 0 Å². The minimum absolute atomic E-state index is 0.0513. The van der Waals surface area contributed by atoms with Gasteiger partial charge in [0.15, 0.2) is 34.6 Å². The highest BCUT2D eigenvalue weighted by Gasteiger charge is 2.26. The number of carboxylic acids is 4. The first kappa shape index (κ1) is 83.7. The molecule has 16 rings (SSSR count). The van der Waals surface area contributed by atoms with Crippen LogP contribution in [0.25, 0.3) is 100 Å². The number of phenols is 6. The fourth-order valence-electron chi connectivity index (χ4n) is 12.5. The molecule has 0 aliphatic rings. The van der Waals surface area contributed by atoms with Crippen molar-refractivity contribution in [1.29, 1.82) is 0 Å². The zero-order valence-corrected chi connectivity index (χ0v) is 67.9. The summed E-state index contributed by atoms with van der Waals surface area (Å²) >= 11 is 12.3. The predicted molar refractivity (Wildman–Crippen MR) is 475 cm³/mol. The third-order valence-corrected chi connectivity index (χ3v) is 23.3. The number of carboxylic acid groups (broad SMARTS) is 4. The fourth-order valence-corrected chi connectivity index (χ4v) is 17.5. The Bertz CT molecular complexity index is 6560. The average Bonchev–Trinajstić information content (AvgIpc) is 1.61. The maximum Gasteiger partial charge on any atom is 0.328 e. The Balaban J connectivity index is 0.000000138. The van der Waals surface area contributed by atoms with Gasteiger partial charge in [0.1, 0.15) is 51.7 Å². The normalized spacial score (nSPS) is 11.3. The van der Waals surface area contributed by atoms with Gasteiger partial charge in [-0.25, -0.2) is 18.8 Å². The van der Waals surface area contributed by atoms with Crippen molar-refractivity contribution >= 4 is 139 Å². The van der Waals surface area contributed by atoms with Crippen LogP contribution in [0.2, 0.25) is 5.02 Å². The van der Waals surface area contributed by atoms with E-state index in [-0.39, 0.29) is 40.6 Å². The van der Waals surface area contributed by atoms with E-state index < -0.39 is 35.4 Å². The van der Waals surface area contributed by atoms with E-state index in [0.29, 0.717) is 67.7 Å². The second-order valence-corrected chi connectivity index (χ2v) is 32.5. The van der Waals surface area contributed by atoms with Gasteiger partial charge in [-0.1, -0.05) is 123 Å². The molecule has 602 valence electrons. The predicted octanol–water partition coefficient (Wildman–Crippen LogP) is 26.1. The monoisotopic (exact) mass is 1690 g/mol. The van der Waals surface area contributed by atoms with Gasteiger partial charge in [-0.2, -0.15) is 0 Å². The van der Waals surface area contributed by atoms with Crippen LogP contribution in [0.1, 0.15) is 55.0 Å². The number of hydrogen-bond acceptors (Lipinski definition) is 18. The zero-order chi connectivity index (χ0) is 84.9. The molecule has 12 aromatic carbocycles. The lowest BCUT2D eigenvalue weighted by molar-refractivity contribution is -0.137. The number of thiophene rings is 4. The van der Waals surface area contributed by atoms with Gasteiger partial charge in [-0.15, -0.1) is 45.3 Å². The van der Waals surface area contributed by atoms with E-state index in [1.54, 1.807) is 139 Å². The van der Waals surface area contributed by atoms with Crippen molar-refractivity contribution in [3.8, 4) is 122 Å². The van der Waals surface area contributed by atoms with Crippen molar-refractivity contribution in [1.82, 2.24) is 0 Å². The first-order valence-electron chi connectivity index (χ1n) is 36.8. The van der Waals surface area contributed by atoms with Crippen LogP contribution in [0.5, 0.6) is 80.5 Å². The number of halogens is 2. The van der Waals surface area contributed by atoms with Gasteiger partial charge in [-0.3, -0.25) is 4.79 Å². The van der Waals surface area contributed by atoms with Crippen LogP contribution in [0.4, 0.5) is 4.39 Å². The smallest absolute Gasteiger partial charge is 0.328 e. The topological polar surface area (TPSA) is 308 Å². The van der Waals surface area contributed by atoms with E-state index in [1.807, 2.05) is 115 Å². The van der Waals surface area contributed by atoms with Crippen molar-refractivity contribution in [2.75, 3.05) is 0 Å². The molecule has 0 unspecified atom stereocenters. The van der Waals surface area contributed by atoms with Gasteiger partial charge in [0.2, 0.25) is 0 Å². The number of fused-ring (bicyclic) bond motifs is 4. The molecule has 0 aliphatic heterocycles. The molecular formula is C96H72ClFO18S4. The maximum absolute atomic E-state index is 13.9. The number of ether oxygens (including phenoxy) is 4. The first-order chi connectivity index (χ1) is 57.6. The summed E-state index contributed by atoms with van der Waals surface area (Å²) in [7, 11) is 0. The number of carbonyl (C=O) groups is 4. The Morgan fingerprint density at radius 1 is 0.375 bits per heavy atom. The standard InChI is InChI=1S/C27H24O4S.C23H15ClO4S.C23H15FO5S.C23H18O5S/c1-27(2,3)22-7-5-4-6-20(22)26-25(21-14-11-18(28)16-23(21)32-26)31-19-12-8-17(9-13-19)10-15-24(29)30;24-19-4-2-1-3-17(19)23-22(18-11-8-15(25)13-20(18)29-23)28-16-9-5-14(6-10-16)7-12-21(26)27;24-18-11-14(4-9-19(18)26)23-22(17-8-5-15(25)12-20(17)30-23)29-16-6-1-13(2-7-16)3-10-21(27)28;24-16-6-4-15(5-7-16)23-22(19-11-8-17(25)13-20(19)29-23)28-18-9-1-14(2-10-18)3-12-21(26)27/h4-16,28H,1-3H3,(H,29,30);1-13,25H,(H,26,27);1-12,25-26H,(H,27,28);1-2,4-11,13,24-25H,3,12H2,(H,26,27)/b15-10+;12-7+;10-3+;. The number of benzene rings is 12. The van der Waals surface area contributed by atoms with E-state index in [9.17, 15) is 54.2 Å². The summed E-state index contributed by atoms with van der Waals surface area (Å²) in [6, 6.07) is 75.9. The number of aromatic hydroxyl groups is 6. The molecule has 4 heterocycles. The third kappa shape index (κ3) is 21.0. The van der Waals surface area contributed by atoms with E-state index in [4.69, 9.17) is 51.0 Å². The van der Waals surface area contributed by atoms with E-state index in [1.165, 1.54) is 63.9 Å². The van der Waals surface area contributed by atoms with Crippen LogP contribution >= 0.6 is 56.9 Å². The number of aliphatic carboxylic acids is 4. The van der Waals surface area contributed by atoms with Crippen molar-refractivity contribution < 1.29 is 93.6 Å². The summed E-state index contributed by atoms with van der Waals surface area (Å²) in [4.78, 5) is 46.2. The molecule has 0 fully saturated rings. The molecule has 120 heavy (non-hydrogen) atoms. The summed E-state index contributed by atoms with van der Waals surface area (Å²) in [6.45, 7) is 6.57. The Kier molecular flexibility index (Phi) is 26.1. The van der Waals surface area contributed by atoms with E-state index in [2.05, 4.69) is 32.9 Å². The Hall–Kier alpha value is -14.2. The lowest BCUT2D eigenvalue weighted by atomic mass is 9.83. The van der Waals surface area contributed by atoms with Crippen molar-refractivity contribution in [2.45, 2.75) is 39.0 Å². The van der Waals surface area contributed by atoms with Gasteiger partial charge >= 0.3 is 23.9 Å². The highest BCUT2D eigenvalue weighted by atomic mass is 35.5. The average molecular weight is 1700 g/mol. The first-order valence-corrected chi connectivity index (χ1v) is 40.5. The Morgan fingerprint density at radius 3 is 1.08 bits per heavy atom. The molecule has 0 bridgehead atoms. The molecule has 24 heteroatoms. The van der Waals surface area contributed by atoms with Crippen LogP contribution in [0.3, 0.4) is 0 Å². The maximum atomic E-state index is 13.9. The van der Waals surface area contributed by atoms with Crippen molar-refractivity contribution in [2.24, 2.45) is 0 Å². The van der Waals surface area contributed by atoms with Crippen LogP contribution in [0, 0.1) is 5.82 Å². The van der Waals surface area contributed by atoms with Crippen molar-refractivity contribution in [3.05, 3.63) is 318 Å². The SMILES string of the molecule is CC(C)(C)c1ccccc1-c1sc2cc(O)ccc2c1Oc1ccc(/C=C/C(=O)O)cc1.O=C(O)/C=C/c1ccc(Oc2c(-c3ccc(O)c(F)c3)sc3cc(O)ccc23)cc1.O=C(O)/C=C/c1ccc(Oc2c(-c3ccccc3Cl)sc3cc(O)ccc23)cc1.O=C(O)CCc1ccc(Oc2c(-c3ccc(O)cc3)sc3cc(O)ccc23)cc1. The fraction of sp³-hybridized carbons (Fsp3) is 0.0625. The van der Waals surface area contributed by atoms with Crippen LogP contribution < -0.4 is 18.9 Å². The summed E-state index contributed by atoms with van der Waals surface area (Å²) in [5.74, 6) is 0.843. The number of phenolic OH excluding ortho intramolecular Hbond substituents is 6. The number of hydrogen-bond donors (Lipinski definition) is 10. The molecule has 18 nitrogen and oxygen atoms in total. The molecule has 0 saturated carbocycles. The lowest BCUT2D eigenvalue weighted by Gasteiger charge is -2.23. The molecule has 0 aliphatic carbocycles. The summed E-state index contributed by atoms with van der Waals surface area (Å²) < 4.78 is 42.4. The summed E-state index contributed by atoms with van der Waals surface area (Å²) in [6.07, 6.45) is 8.33. The van der Waals surface area contributed by atoms with Gasteiger partial charge in [0, 0.05) is 75.6 Å². The molecule has 0 saturated heterocycles. The van der Waals surface area contributed by atoms with Gasteiger partial charge in [0.05, 0.1) is 19.5 Å². The Morgan fingerprint density at radius 2 is 0.708 bits per heavy atom. The molecule has 0 spiro atoms. The highest BCUT2D eigenvalue weighted by Crippen LogP contribution is 2.53. The van der Waals surface area contributed by atoms with Crippen LogP contribution in [0.15, 0.2) is 279 Å². The minimum atomic E-state index is -1.03. The lowest BCUT2D eigenvalue weighted by Crippen LogP contribution is -2.12. The second kappa shape index (κ2) is 37.4. The van der Waals surface area contributed by atoms with E-state index >= 15 is 0 Å². The largest absolute Gasteiger partial charge is 0.508 e. The molecule has 16 aromatic rings. The third-order valence-electron chi connectivity index (χ3n) is 18.3. The quantitative estimate of drug-likeness (QED) is 0.0299. The Labute approximate surface area is 707 Å². The molecule has 10 N–H and O–H groups in total. The molecule has 0 amide bonds. The van der Waals surface area contributed by atoms with E-state index in [0.717, 1.165) is 112 Å². The number of rotatable bonds is 21. The molecule has 0 atom stereocenters. The molecule has 0 radical (unpaired) electrons. The second-order valence-electron chi connectivity index (χ2n) is 27.9.